The van der Waals surface area contributed by atoms with Gasteiger partial charge in [0.05, 0.1) is 0 Å². The summed E-state index contributed by atoms with van der Waals surface area (Å²) in [7, 11) is 0. The van der Waals surface area contributed by atoms with E-state index in [2.05, 4.69) is 38.0 Å². The number of thioether (sulfide) groups is 1. The highest BCUT2D eigenvalue weighted by molar-refractivity contribution is 9.10. The molecule has 0 saturated heterocycles. The van der Waals surface area contributed by atoms with Crippen molar-refractivity contribution in [3.8, 4) is 0 Å². The van der Waals surface area contributed by atoms with Crippen molar-refractivity contribution in [2.75, 3.05) is 5.32 Å². The predicted molar refractivity (Wildman–Crippen MR) is 115 cm³/mol. The standard InChI is InChI=1S/C20H19BrN4OS/c1-3-12-25-19(26)18(22-17-10-4-14(2)5-11-17)23-24-20(25)27-13-15-6-8-16(21)9-7-15/h3-11H,1,12-13H2,2H3,(H,22,23). The Balaban J connectivity index is 1.83. The summed E-state index contributed by atoms with van der Waals surface area (Å²) in [6, 6.07) is 15.8. The second-order valence-electron chi connectivity index (χ2n) is 5.94. The van der Waals surface area contributed by atoms with Gasteiger partial charge in [0, 0.05) is 22.5 Å². The second-order valence-corrected chi connectivity index (χ2v) is 7.80. The largest absolute Gasteiger partial charge is 0.334 e. The van der Waals surface area contributed by atoms with Crippen LogP contribution in [0.15, 0.2) is 75.6 Å². The number of nitrogens with zero attached hydrogens (tertiary/aromatic N) is 3. The highest BCUT2D eigenvalue weighted by Crippen LogP contribution is 2.22. The van der Waals surface area contributed by atoms with Crippen molar-refractivity contribution in [3.05, 3.63) is 87.1 Å². The molecule has 0 bridgehead atoms. The molecule has 2 aromatic carbocycles. The van der Waals surface area contributed by atoms with Crippen molar-refractivity contribution in [3.63, 3.8) is 0 Å². The van der Waals surface area contributed by atoms with E-state index in [1.807, 2.05) is 55.5 Å². The van der Waals surface area contributed by atoms with Crippen molar-refractivity contribution >= 4 is 39.2 Å². The first-order chi connectivity index (χ1) is 13.1. The summed E-state index contributed by atoms with van der Waals surface area (Å²) >= 11 is 4.91. The fourth-order valence-electron chi connectivity index (χ4n) is 2.38. The molecule has 3 aromatic rings. The van der Waals surface area contributed by atoms with Crippen molar-refractivity contribution in [1.29, 1.82) is 0 Å². The van der Waals surface area contributed by atoms with E-state index in [0.29, 0.717) is 17.5 Å². The Morgan fingerprint density at radius 1 is 1.15 bits per heavy atom. The monoisotopic (exact) mass is 442 g/mol. The fraction of sp³-hybridized carbons (Fsp3) is 0.150. The highest BCUT2D eigenvalue weighted by Gasteiger charge is 2.12. The normalized spacial score (nSPS) is 10.6. The summed E-state index contributed by atoms with van der Waals surface area (Å²) < 4.78 is 2.62. The molecule has 0 amide bonds. The number of benzene rings is 2. The maximum Gasteiger partial charge on any atom is 0.297 e. The first kappa shape index (κ1) is 19.4. The number of allylic oxidation sites excluding steroid dienone is 1. The molecule has 7 heteroatoms. The number of hydrogen-bond acceptors (Lipinski definition) is 5. The Morgan fingerprint density at radius 3 is 2.52 bits per heavy atom. The van der Waals surface area contributed by atoms with Crippen LogP contribution in [-0.4, -0.2) is 14.8 Å². The van der Waals surface area contributed by atoms with Crippen LogP contribution in [0.4, 0.5) is 11.5 Å². The first-order valence-electron chi connectivity index (χ1n) is 8.36. The minimum Gasteiger partial charge on any atom is -0.334 e. The third-order valence-electron chi connectivity index (χ3n) is 3.82. The number of nitrogens with one attached hydrogen (secondary N) is 1. The molecular weight excluding hydrogens is 424 g/mol. The molecular formula is C20H19BrN4OS. The summed E-state index contributed by atoms with van der Waals surface area (Å²) in [5.74, 6) is 0.900. The lowest BCUT2D eigenvalue weighted by molar-refractivity contribution is 0.626. The van der Waals surface area contributed by atoms with E-state index in [9.17, 15) is 4.79 Å². The maximum atomic E-state index is 12.8. The van der Waals surface area contributed by atoms with Crippen LogP contribution in [-0.2, 0) is 12.3 Å². The van der Waals surface area contributed by atoms with Crippen molar-refractivity contribution in [2.45, 2.75) is 24.4 Å². The summed E-state index contributed by atoms with van der Waals surface area (Å²) in [6.07, 6.45) is 1.68. The molecule has 1 aromatic heterocycles. The van der Waals surface area contributed by atoms with Crippen LogP contribution in [0.1, 0.15) is 11.1 Å². The second kappa shape index (κ2) is 9.01. The molecule has 0 aliphatic heterocycles. The van der Waals surface area contributed by atoms with E-state index in [4.69, 9.17) is 0 Å². The van der Waals surface area contributed by atoms with Gasteiger partial charge in [-0.3, -0.25) is 9.36 Å². The summed E-state index contributed by atoms with van der Waals surface area (Å²) in [5.41, 5.74) is 2.87. The average molecular weight is 443 g/mol. The average Bonchev–Trinajstić information content (AvgIpc) is 2.67. The van der Waals surface area contributed by atoms with Gasteiger partial charge >= 0.3 is 0 Å². The molecule has 27 heavy (non-hydrogen) atoms. The molecule has 5 nitrogen and oxygen atoms in total. The molecule has 0 spiro atoms. The van der Waals surface area contributed by atoms with Gasteiger partial charge in [-0.15, -0.1) is 16.8 Å². The van der Waals surface area contributed by atoms with Gasteiger partial charge in [0.1, 0.15) is 0 Å². The molecule has 0 aliphatic carbocycles. The minimum absolute atomic E-state index is 0.202. The van der Waals surface area contributed by atoms with Gasteiger partial charge in [-0.2, -0.15) is 0 Å². The van der Waals surface area contributed by atoms with Gasteiger partial charge in [0.25, 0.3) is 5.56 Å². The number of anilines is 2. The van der Waals surface area contributed by atoms with E-state index in [1.54, 1.807) is 10.6 Å². The number of halogens is 1. The minimum atomic E-state index is -0.219. The number of hydrogen-bond donors (Lipinski definition) is 1. The predicted octanol–water partition coefficient (Wildman–Crippen LogP) is 4.93. The number of aromatic nitrogens is 3. The molecule has 0 aliphatic rings. The molecule has 3 rings (SSSR count). The van der Waals surface area contributed by atoms with Crippen molar-refractivity contribution in [1.82, 2.24) is 14.8 Å². The van der Waals surface area contributed by atoms with Crippen molar-refractivity contribution < 1.29 is 0 Å². The molecule has 0 fully saturated rings. The Hall–Kier alpha value is -2.38. The molecule has 138 valence electrons. The maximum absolute atomic E-state index is 12.8. The van der Waals surface area contributed by atoms with E-state index in [1.165, 1.54) is 11.8 Å². The molecule has 0 saturated carbocycles. The van der Waals surface area contributed by atoms with Crippen LogP contribution in [0.3, 0.4) is 0 Å². The smallest absolute Gasteiger partial charge is 0.297 e. The van der Waals surface area contributed by atoms with Gasteiger partial charge in [-0.25, -0.2) is 0 Å². The third kappa shape index (κ3) is 5.08. The van der Waals surface area contributed by atoms with Gasteiger partial charge in [0.15, 0.2) is 5.16 Å². The topological polar surface area (TPSA) is 59.8 Å². The lowest BCUT2D eigenvalue weighted by atomic mass is 10.2. The Bertz CT molecular complexity index is 984. The fourth-order valence-corrected chi connectivity index (χ4v) is 3.55. The molecule has 0 atom stereocenters. The van der Waals surface area contributed by atoms with E-state index in [-0.39, 0.29) is 11.4 Å². The molecule has 0 radical (unpaired) electrons. The van der Waals surface area contributed by atoms with Crippen LogP contribution >= 0.6 is 27.7 Å². The van der Waals surface area contributed by atoms with Gasteiger partial charge in [0.2, 0.25) is 5.82 Å². The molecule has 0 unspecified atom stereocenters. The lowest BCUT2D eigenvalue weighted by Gasteiger charge is -2.11. The summed E-state index contributed by atoms with van der Waals surface area (Å²) in [5, 5.41) is 12.0. The van der Waals surface area contributed by atoms with Crippen LogP contribution < -0.4 is 10.9 Å². The van der Waals surface area contributed by atoms with Crippen LogP contribution in [0.2, 0.25) is 0 Å². The quantitative estimate of drug-likeness (QED) is 0.415. The SMILES string of the molecule is C=CCn1c(SCc2ccc(Br)cc2)nnc(Nc2ccc(C)cc2)c1=O. The Kier molecular flexibility index (Phi) is 6.47. The molecule has 1 heterocycles. The van der Waals surface area contributed by atoms with Gasteiger partial charge in [-0.05, 0) is 36.8 Å². The summed E-state index contributed by atoms with van der Waals surface area (Å²) in [6.45, 7) is 6.13. The molecule has 1 N–H and O–H groups in total. The summed E-state index contributed by atoms with van der Waals surface area (Å²) in [4.78, 5) is 12.8. The Morgan fingerprint density at radius 2 is 1.85 bits per heavy atom. The zero-order valence-corrected chi connectivity index (χ0v) is 17.3. The third-order valence-corrected chi connectivity index (χ3v) is 5.39. The van der Waals surface area contributed by atoms with Crippen molar-refractivity contribution in [2.24, 2.45) is 0 Å². The van der Waals surface area contributed by atoms with E-state index >= 15 is 0 Å². The zero-order valence-electron chi connectivity index (χ0n) is 14.9. The number of aryl methyl sites for hydroxylation is 1. The van der Waals surface area contributed by atoms with E-state index in [0.717, 1.165) is 21.3 Å². The Labute approximate surface area is 170 Å². The lowest BCUT2D eigenvalue weighted by Crippen LogP contribution is -2.26. The van der Waals surface area contributed by atoms with Crippen LogP contribution in [0.25, 0.3) is 0 Å². The van der Waals surface area contributed by atoms with E-state index < -0.39 is 0 Å². The van der Waals surface area contributed by atoms with Gasteiger partial charge in [-0.1, -0.05) is 63.6 Å². The number of rotatable bonds is 7. The zero-order chi connectivity index (χ0) is 19.2. The van der Waals surface area contributed by atoms with Gasteiger partial charge < -0.3 is 5.32 Å². The van der Waals surface area contributed by atoms with Crippen LogP contribution in [0, 0.1) is 6.92 Å². The highest BCUT2D eigenvalue weighted by atomic mass is 79.9. The van der Waals surface area contributed by atoms with Crippen LogP contribution in [0.5, 0.6) is 0 Å². The first-order valence-corrected chi connectivity index (χ1v) is 10.1.